The summed E-state index contributed by atoms with van der Waals surface area (Å²) in [5.74, 6) is 0. The van der Waals surface area contributed by atoms with Gasteiger partial charge in [0.25, 0.3) is 0 Å². The summed E-state index contributed by atoms with van der Waals surface area (Å²) in [7, 11) is -3.22. The fraction of sp³-hybridized carbons (Fsp3) is 0.333. The zero-order valence-electron chi connectivity index (χ0n) is 9.51. The largest absolute Gasteiger partial charge is 0.212 e. The average Bonchev–Trinajstić information content (AvgIpc) is 2.28. The average molecular weight is 272 g/mol. The van der Waals surface area contributed by atoms with Gasteiger partial charge in [-0.25, -0.2) is 8.42 Å². The topological polar surface area (TPSA) is 37.4 Å². The van der Waals surface area contributed by atoms with Crippen LogP contribution in [0, 0.1) is 0 Å². The van der Waals surface area contributed by atoms with Crippen molar-refractivity contribution in [3.05, 3.63) is 47.0 Å². The van der Waals surface area contributed by atoms with E-state index in [9.17, 15) is 8.42 Å². The van der Waals surface area contributed by atoms with Gasteiger partial charge in [0.1, 0.15) is 0 Å². The monoisotopic (exact) mass is 271 g/mol. The molecule has 3 nitrogen and oxygen atoms in total. The number of halogens is 1. The molecule has 17 heavy (non-hydrogen) atoms. The molecule has 0 aromatic heterocycles. The molecule has 1 aromatic rings. The highest BCUT2D eigenvalue weighted by Gasteiger charge is 2.29. The lowest BCUT2D eigenvalue weighted by atomic mass is 10.0. The van der Waals surface area contributed by atoms with Crippen molar-refractivity contribution in [3.8, 4) is 0 Å². The summed E-state index contributed by atoms with van der Waals surface area (Å²) >= 11 is 6.02. The lowest BCUT2D eigenvalue weighted by Gasteiger charge is -2.31. The van der Waals surface area contributed by atoms with Gasteiger partial charge in [-0.1, -0.05) is 41.9 Å². The predicted octanol–water partition coefficient (Wildman–Crippen LogP) is 2.52. The van der Waals surface area contributed by atoms with Gasteiger partial charge in [-0.3, -0.25) is 0 Å². The molecule has 92 valence electrons. The number of sulfonamides is 1. The molecule has 0 aliphatic carbocycles. The molecule has 5 heteroatoms. The Morgan fingerprint density at radius 3 is 2.53 bits per heavy atom. The minimum Gasteiger partial charge on any atom is -0.212 e. The Hall–Kier alpha value is -0.840. The zero-order chi connectivity index (χ0) is 12.5. The van der Waals surface area contributed by atoms with Crippen LogP contribution in [0.5, 0.6) is 0 Å². The summed E-state index contributed by atoms with van der Waals surface area (Å²) in [5, 5.41) is 0.721. The zero-order valence-corrected chi connectivity index (χ0v) is 11.1. The normalized spacial score (nSPS) is 22.2. The first-order valence-electron chi connectivity index (χ1n) is 5.36. The van der Waals surface area contributed by atoms with Gasteiger partial charge in [0.2, 0.25) is 10.0 Å². The highest BCUT2D eigenvalue weighted by atomic mass is 35.5. The van der Waals surface area contributed by atoms with Gasteiger partial charge >= 0.3 is 0 Å². The molecule has 0 radical (unpaired) electrons. The molecule has 1 aliphatic heterocycles. The van der Waals surface area contributed by atoms with Gasteiger partial charge in [0, 0.05) is 11.6 Å². The quantitative estimate of drug-likeness (QED) is 0.829. The molecule has 1 unspecified atom stereocenters. The van der Waals surface area contributed by atoms with Crippen LogP contribution < -0.4 is 0 Å². The fourth-order valence-corrected chi connectivity index (χ4v) is 3.20. The van der Waals surface area contributed by atoms with Crippen molar-refractivity contribution in [3.63, 3.8) is 0 Å². The van der Waals surface area contributed by atoms with E-state index in [1.165, 1.54) is 10.6 Å². The van der Waals surface area contributed by atoms with E-state index in [0.29, 0.717) is 13.0 Å². The summed E-state index contributed by atoms with van der Waals surface area (Å²) in [5.41, 5.74) is 0.941. The lowest BCUT2D eigenvalue weighted by Crippen LogP contribution is -2.36. The summed E-state index contributed by atoms with van der Waals surface area (Å²) < 4.78 is 24.9. The standard InChI is InChI=1S/C12H14ClNO2S/c1-17(15,16)14-8-7-11(13)9-12(14)10-5-3-2-4-6-10/h2-6,9,12H,7-8H2,1H3. The Morgan fingerprint density at radius 1 is 1.29 bits per heavy atom. The first-order valence-corrected chi connectivity index (χ1v) is 7.59. The third-order valence-electron chi connectivity index (χ3n) is 2.79. The molecule has 2 rings (SSSR count). The highest BCUT2D eigenvalue weighted by Crippen LogP contribution is 2.32. The lowest BCUT2D eigenvalue weighted by molar-refractivity contribution is 0.361. The molecule has 0 saturated heterocycles. The molecule has 1 aliphatic rings. The Labute approximate surface area is 107 Å². The van der Waals surface area contributed by atoms with Crippen molar-refractivity contribution >= 4 is 21.6 Å². The fourth-order valence-electron chi connectivity index (χ4n) is 1.98. The first-order chi connectivity index (χ1) is 7.98. The molecule has 0 saturated carbocycles. The maximum Gasteiger partial charge on any atom is 0.212 e. The Bertz CT molecular complexity index is 525. The Balaban J connectivity index is 2.43. The minimum absolute atomic E-state index is 0.285. The molecular weight excluding hydrogens is 258 g/mol. The molecule has 1 aromatic carbocycles. The van der Waals surface area contributed by atoms with Crippen LogP contribution in [0.2, 0.25) is 0 Å². The van der Waals surface area contributed by atoms with Crippen LogP contribution in [0.1, 0.15) is 18.0 Å². The van der Waals surface area contributed by atoms with Crippen molar-refractivity contribution in [2.24, 2.45) is 0 Å². The van der Waals surface area contributed by atoms with Crippen molar-refractivity contribution in [2.45, 2.75) is 12.5 Å². The number of hydrogen-bond donors (Lipinski definition) is 0. The van der Waals surface area contributed by atoms with Gasteiger partial charge < -0.3 is 0 Å². The number of benzene rings is 1. The van der Waals surface area contributed by atoms with Crippen LogP contribution in [0.3, 0.4) is 0 Å². The van der Waals surface area contributed by atoms with Gasteiger partial charge in [-0.15, -0.1) is 0 Å². The molecular formula is C12H14ClNO2S. The maximum atomic E-state index is 11.7. The molecule has 1 heterocycles. The first kappa shape index (κ1) is 12.6. The Morgan fingerprint density at radius 2 is 1.94 bits per heavy atom. The third-order valence-corrected chi connectivity index (χ3v) is 4.36. The van der Waals surface area contributed by atoms with E-state index in [-0.39, 0.29) is 6.04 Å². The van der Waals surface area contributed by atoms with Crippen molar-refractivity contribution < 1.29 is 8.42 Å². The Kier molecular flexibility index (Phi) is 3.56. The number of nitrogens with zero attached hydrogens (tertiary/aromatic N) is 1. The van der Waals surface area contributed by atoms with E-state index in [0.717, 1.165) is 10.6 Å². The number of hydrogen-bond acceptors (Lipinski definition) is 2. The SMILES string of the molecule is CS(=O)(=O)N1CCC(Cl)=CC1c1ccccc1. The van der Waals surface area contributed by atoms with Crippen LogP contribution in [0.4, 0.5) is 0 Å². The van der Waals surface area contributed by atoms with E-state index in [1.54, 1.807) is 6.08 Å². The van der Waals surface area contributed by atoms with E-state index >= 15 is 0 Å². The summed E-state index contributed by atoms with van der Waals surface area (Å²) in [4.78, 5) is 0. The smallest absolute Gasteiger partial charge is 0.212 e. The molecule has 0 spiro atoms. The summed E-state index contributed by atoms with van der Waals surface area (Å²) in [6.45, 7) is 0.438. The molecule has 0 amide bonds. The van der Waals surface area contributed by atoms with Crippen LogP contribution in [0.25, 0.3) is 0 Å². The van der Waals surface area contributed by atoms with E-state index in [2.05, 4.69) is 0 Å². The third kappa shape index (κ3) is 2.89. The van der Waals surface area contributed by atoms with E-state index < -0.39 is 10.0 Å². The van der Waals surface area contributed by atoms with Crippen LogP contribution >= 0.6 is 11.6 Å². The highest BCUT2D eigenvalue weighted by molar-refractivity contribution is 7.88. The van der Waals surface area contributed by atoms with E-state index in [4.69, 9.17) is 11.6 Å². The second-order valence-corrected chi connectivity index (χ2v) is 6.51. The summed E-state index contributed by atoms with van der Waals surface area (Å²) in [6, 6.07) is 9.23. The summed E-state index contributed by atoms with van der Waals surface area (Å²) in [6.07, 6.45) is 3.62. The minimum atomic E-state index is -3.22. The second kappa shape index (κ2) is 4.80. The van der Waals surface area contributed by atoms with Crippen molar-refractivity contribution in [1.29, 1.82) is 0 Å². The van der Waals surface area contributed by atoms with Crippen molar-refractivity contribution in [2.75, 3.05) is 12.8 Å². The van der Waals surface area contributed by atoms with Crippen LogP contribution in [-0.4, -0.2) is 25.5 Å². The van der Waals surface area contributed by atoms with Gasteiger partial charge in [-0.05, 0) is 18.1 Å². The maximum absolute atomic E-state index is 11.7. The van der Waals surface area contributed by atoms with Gasteiger partial charge in [0.15, 0.2) is 0 Å². The van der Waals surface area contributed by atoms with Crippen LogP contribution in [-0.2, 0) is 10.0 Å². The molecule has 0 fully saturated rings. The predicted molar refractivity (Wildman–Crippen MR) is 69.3 cm³/mol. The molecule has 0 N–H and O–H groups in total. The van der Waals surface area contributed by atoms with Gasteiger partial charge in [0.05, 0.1) is 12.3 Å². The second-order valence-electron chi connectivity index (χ2n) is 4.09. The van der Waals surface area contributed by atoms with E-state index in [1.807, 2.05) is 30.3 Å². The molecule has 0 bridgehead atoms. The number of rotatable bonds is 2. The van der Waals surface area contributed by atoms with Crippen LogP contribution in [0.15, 0.2) is 41.4 Å². The van der Waals surface area contributed by atoms with Crippen molar-refractivity contribution in [1.82, 2.24) is 4.31 Å². The van der Waals surface area contributed by atoms with Gasteiger partial charge in [-0.2, -0.15) is 4.31 Å². The molecule has 1 atom stereocenters.